The maximum Gasteiger partial charge on any atom is 0.254 e. The summed E-state index contributed by atoms with van der Waals surface area (Å²) < 4.78 is 17.0. The maximum absolute atomic E-state index is 12.9. The van der Waals surface area contributed by atoms with Gasteiger partial charge in [0.2, 0.25) is 5.78 Å². The fraction of sp³-hybridized carbons (Fsp3) is 0.176. The molecule has 3 rings (SSSR count). The molecule has 22 heavy (non-hydrogen) atoms. The number of fused-ring (bicyclic) bond motifs is 1. The number of imidazole rings is 1. The first kappa shape index (κ1) is 16.4. The second kappa shape index (κ2) is 6.40. The maximum atomic E-state index is 12.9. The number of aryl methyl sites for hydroxylation is 1. The number of ketones is 1. The number of nitrogens with zero attached hydrogens (tertiary/aromatic N) is 2. The molecular formula is C17H16BrFN2O. The summed E-state index contributed by atoms with van der Waals surface area (Å²) >= 11 is 0. The van der Waals surface area contributed by atoms with Crippen molar-refractivity contribution >= 4 is 16.8 Å². The van der Waals surface area contributed by atoms with E-state index in [0.717, 1.165) is 16.9 Å². The Kier molecular flexibility index (Phi) is 4.76. The van der Waals surface area contributed by atoms with Crippen LogP contribution in [0.1, 0.15) is 16.2 Å². The second-order valence-electron chi connectivity index (χ2n) is 5.11. The smallest absolute Gasteiger partial charge is 0.254 e. The highest BCUT2D eigenvalue weighted by molar-refractivity contribution is 5.96. The van der Waals surface area contributed by atoms with Crippen molar-refractivity contribution in [2.75, 3.05) is 0 Å². The molecule has 0 bridgehead atoms. The lowest BCUT2D eigenvalue weighted by molar-refractivity contribution is -0.652. The van der Waals surface area contributed by atoms with Crippen molar-refractivity contribution in [3.8, 4) is 0 Å². The molecule has 0 aliphatic carbocycles. The molecule has 114 valence electrons. The molecule has 1 heterocycles. The zero-order valence-electron chi connectivity index (χ0n) is 12.4. The summed E-state index contributed by atoms with van der Waals surface area (Å²) in [6.07, 6.45) is 0. The number of halogens is 2. The molecule has 0 amide bonds. The van der Waals surface area contributed by atoms with Crippen LogP contribution in [0.2, 0.25) is 0 Å². The number of rotatable bonds is 3. The minimum atomic E-state index is -0.333. The normalized spacial score (nSPS) is 10.5. The monoisotopic (exact) mass is 362 g/mol. The zero-order valence-corrected chi connectivity index (χ0v) is 14.0. The van der Waals surface area contributed by atoms with E-state index in [1.165, 1.54) is 24.3 Å². The summed E-state index contributed by atoms with van der Waals surface area (Å²) in [6, 6.07) is 13.6. The Morgan fingerprint density at radius 3 is 2.45 bits per heavy atom. The molecule has 3 nitrogen and oxygen atoms in total. The number of carbonyl (C=O) groups is 1. The third-order valence-corrected chi connectivity index (χ3v) is 3.88. The van der Waals surface area contributed by atoms with Crippen LogP contribution in [0.15, 0.2) is 48.5 Å². The second-order valence-corrected chi connectivity index (χ2v) is 5.11. The summed E-state index contributed by atoms with van der Waals surface area (Å²) in [7, 11) is 1.98. The topological polar surface area (TPSA) is 25.9 Å². The van der Waals surface area contributed by atoms with E-state index < -0.39 is 0 Å². The van der Waals surface area contributed by atoms with Gasteiger partial charge in [0, 0.05) is 12.5 Å². The van der Waals surface area contributed by atoms with E-state index in [2.05, 4.69) is 4.57 Å². The molecule has 0 atom stereocenters. The van der Waals surface area contributed by atoms with Crippen LogP contribution in [0.25, 0.3) is 11.0 Å². The van der Waals surface area contributed by atoms with Crippen LogP contribution >= 0.6 is 0 Å². The van der Waals surface area contributed by atoms with E-state index in [9.17, 15) is 9.18 Å². The average molecular weight is 363 g/mol. The largest absolute Gasteiger partial charge is 1.00 e. The Labute approximate surface area is 138 Å². The van der Waals surface area contributed by atoms with Gasteiger partial charge >= 0.3 is 0 Å². The summed E-state index contributed by atoms with van der Waals surface area (Å²) in [5, 5.41) is 0. The van der Waals surface area contributed by atoms with Crippen molar-refractivity contribution in [1.29, 1.82) is 0 Å². The summed E-state index contributed by atoms with van der Waals surface area (Å²) in [5.74, 6) is 0.645. The van der Waals surface area contributed by atoms with Crippen molar-refractivity contribution in [3.05, 3.63) is 65.7 Å². The summed E-state index contributed by atoms with van der Waals surface area (Å²) in [4.78, 5) is 12.4. The first-order valence-corrected chi connectivity index (χ1v) is 6.80. The van der Waals surface area contributed by atoms with Gasteiger partial charge in [0.25, 0.3) is 5.82 Å². The number of benzene rings is 2. The third-order valence-electron chi connectivity index (χ3n) is 3.88. The van der Waals surface area contributed by atoms with Gasteiger partial charge in [0.1, 0.15) is 5.82 Å². The zero-order chi connectivity index (χ0) is 15.0. The molecule has 0 aliphatic heterocycles. The molecule has 2 aromatic carbocycles. The minimum absolute atomic E-state index is 0. The van der Waals surface area contributed by atoms with Crippen LogP contribution in [0.3, 0.4) is 0 Å². The van der Waals surface area contributed by atoms with E-state index in [4.69, 9.17) is 0 Å². The molecule has 0 aliphatic rings. The average Bonchev–Trinajstić information content (AvgIpc) is 2.73. The Balaban J connectivity index is 0.00000176. The van der Waals surface area contributed by atoms with Gasteiger partial charge in [-0.25, -0.2) is 13.5 Å². The van der Waals surface area contributed by atoms with Crippen LogP contribution < -0.4 is 21.5 Å². The number of hydrogen-bond acceptors (Lipinski definition) is 1. The molecule has 0 fully saturated rings. The summed E-state index contributed by atoms with van der Waals surface area (Å²) in [6.45, 7) is 2.23. The quantitative estimate of drug-likeness (QED) is 0.468. The Morgan fingerprint density at radius 1 is 1.14 bits per heavy atom. The van der Waals surface area contributed by atoms with Gasteiger partial charge in [0.15, 0.2) is 17.6 Å². The van der Waals surface area contributed by atoms with Gasteiger partial charge < -0.3 is 17.0 Å². The van der Waals surface area contributed by atoms with Crippen molar-refractivity contribution in [1.82, 2.24) is 4.57 Å². The van der Waals surface area contributed by atoms with Crippen molar-refractivity contribution in [2.24, 2.45) is 7.05 Å². The highest BCUT2D eigenvalue weighted by atomic mass is 79.9. The van der Waals surface area contributed by atoms with E-state index in [1.807, 2.05) is 42.8 Å². The van der Waals surface area contributed by atoms with Gasteiger partial charge in [-0.3, -0.25) is 4.79 Å². The molecule has 0 unspecified atom stereocenters. The number of carbonyl (C=O) groups excluding carboxylic acids is 1. The van der Waals surface area contributed by atoms with Crippen LogP contribution in [0.5, 0.6) is 0 Å². The van der Waals surface area contributed by atoms with E-state index in [1.54, 1.807) is 0 Å². The molecule has 0 spiro atoms. The van der Waals surface area contributed by atoms with Crippen LogP contribution in [-0.4, -0.2) is 10.4 Å². The lowest BCUT2D eigenvalue weighted by atomic mass is 10.1. The van der Waals surface area contributed by atoms with Gasteiger partial charge in [-0.1, -0.05) is 12.1 Å². The predicted octanol–water partition coefficient (Wildman–Crippen LogP) is -0.200. The molecule has 5 heteroatoms. The number of aromatic nitrogens is 2. The fourth-order valence-electron chi connectivity index (χ4n) is 2.58. The standard InChI is InChI=1S/C17H16FN2O.BrH/c1-12-19(2)15-5-3-4-6-16(15)20(12)11-17(21)13-7-9-14(18)10-8-13;/h3-10H,11H2,1-2H3;1H/q+1;/p-1. The van der Waals surface area contributed by atoms with Crippen molar-refractivity contribution in [2.45, 2.75) is 13.5 Å². The van der Waals surface area contributed by atoms with Crippen LogP contribution in [0, 0.1) is 12.7 Å². The number of para-hydroxylation sites is 2. The van der Waals surface area contributed by atoms with Crippen LogP contribution in [0.4, 0.5) is 4.39 Å². The third kappa shape index (κ3) is 2.81. The highest BCUT2D eigenvalue weighted by Crippen LogP contribution is 2.15. The fourth-order valence-corrected chi connectivity index (χ4v) is 2.58. The lowest BCUT2D eigenvalue weighted by Gasteiger charge is -2.01. The molecule has 0 N–H and O–H groups in total. The van der Waals surface area contributed by atoms with Crippen molar-refractivity contribution < 1.29 is 30.7 Å². The van der Waals surface area contributed by atoms with Crippen molar-refractivity contribution in [3.63, 3.8) is 0 Å². The first-order valence-electron chi connectivity index (χ1n) is 6.80. The molecule has 0 saturated carbocycles. The number of Topliss-reactive ketones (excluding diaryl/α,β-unsaturated/α-hetero) is 1. The Hall–Kier alpha value is -2.01. The number of hydrogen-bond donors (Lipinski definition) is 0. The van der Waals surface area contributed by atoms with Gasteiger partial charge in [-0.05, 0) is 36.4 Å². The molecule has 3 aromatic rings. The molecule has 1 aromatic heterocycles. The summed E-state index contributed by atoms with van der Waals surface area (Å²) in [5.41, 5.74) is 2.63. The van der Waals surface area contributed by atoms with E-state index in [-0.39, 0.29) is 35.1 Å². The van der Waals surface area contributed by atoms with Gasteiger partial charge in [-0.15, -0.1) is 0 Å². The minimum Gasteiger partial charge on any atom is -1.00 e. The van der Waals surface area contributed by atoms with Gasteiger partial charge in [0.05, 0.1) is 7.05 Å². The molecule has 0 saturated heterocycles. The molecular weight excluding hydrogens is 347 g/mol. The lowest BCUT2D eigenvalue weighted by Crippen LogP contribution is -3.00. The highest BCUT2D eigenvalue weighted by Gasteiger charge is 2.21. The first-order chi connectivity index (χ1) is 10.1. The molecule has 0 radical (unpaired) electrons. The SMILES string of the molecule is Cc1n(CC(=O)c2ccc(F)cc2)c2ccccc2[n+]1C.[Br-]. The van der Waals surface area contributed by atoms with E-state index in [0.29, 0.717) is 5.56 Å². The predicted molar refractivity (Wildman–Crippen MR) is 78.6 cm³/mol. The van der Waals surface area contributed by atoms with Gasteiger partial charge in [-0.2, -0.15) is 0 Å². The van der Waals surface area contributed by atoms with Crippen LogP contribution in [-0.2, 0) is 13.6 Å². The van der Waals surface area contributed by atoms with E-state index >= 15 is 0 Å². The Morgan fingerprint density at radius 2 is 1.77 bits per heavy atom. The Bertz CT molecular complexity index is 825.